The Balaban J connectivity index is 1.70. The number of thiophene rings is 2. The van der Waals surface area contributed by atoms with Gasteiger partial charge in [0.05, 0.1) is 6.54 Å². The number of aryl methyl sites for hydroxylation is 2. The van der Waals surface area contributed by atoms with Crippen LogP contribution in [0.5, 0.6) is 0 Å². The Bertz CT molecular complexity index is 903. The maximum absolute atomic E-state index is 12.5. The minimum Gasteiger partial charge on any atom is -0.453 e. The van der Waals surface area contributed by atoms with Crippen LogP contribution in [0.3, 0.4) is 0 Å². The van der Waals surface area contributed by atoms with Crippen molar-refractivity contribution in [2.45, 2.75) is 27.3 Å². The highest BCUT2D eigenvalue weighted by Crippen LogP contribution is 2.21. The standard InChI is InChI=1S/C19H19NO3S2/c1-12-6-8-25-18(12)19(22)23-11-17(21)16-9-13(2)20(14(16)3)10-15-5-4-7-24-15/h4-9H,10-11H2,1-3H3. The molecule has 0 unspecified atom stereocenters. The predicted octanol–water partition coefficient (Wildman–Crippen LogP) is 4.62. The average molecular weight is 373 g/mol. The van der Waals surface area contributed by atoms with Crippen molar-refractivity contribution in [2.75, 3.05) is 6.61 Å². The maximum Gasteiger partial charge on any atom is 0.349 e. The number of Topliss-reactive ketones (excluding diaryl/α,β-unsaturated/α-hetero) is 1. The predicted molar refractivity (Wildman–Crippen MR) is 101 cm³/mol. The number of ether oxygens (including phenoxy) is 1. The molecule has 0 bridgehead atoms. The Morgan fingerprint density at radius 3 is 2.56 bits per heavy atom. The number of carbonyl (C=O) groups is 2. The molecule has 6 heteroatoms. The van der Waals surface area contributed by atoms with Gasteiger partial charge in [-0.1, -0.05) is 6.07 Å². The molecule has 0 fully saturated rings. The Hall–Kier alpha value is -2.18. The van der Waals surface area contributed by atoms with Gasteiger partial charge in [0.2, 0.25) is 5.78 Å². The van der Waals surface area contributed by atoms with Gasteiger partial charge in [-0.25, -0.2) is 4.79 Å². The van der Waals surface area contributed by atoms with E-state index < -0.39 is 5.97 Å². The second-order valence-electron chi connectivity index (χ2n) is 5.88. The number of carbonyl (C=O) groups excluding carboxylic acids is 2. The molecule has 0 aliphatic rings. The van der Waals surface area contributed by atoms with Gasteiger partial charge in [-0.2, -0.15) is 0 Å². The van der Waals surface area contributed by atoms with Crippen molar-refractivity contribution in [1.82, 2.24) is 4.57 Å². The zero-order valence-corrected chi connectivity index (χ0v) is 16.0. The van der Waals surface area contributed by atoms with E-state index in [-0.39, 0.29) is 12.4 Å². The van der Waals surface area contributed by atoms with Crippen LogP contribution >= 0.6 is 22.7 Å². The van der Waals surface area contributed by atoms with E-state index in [0.717, 1.165) is 23.5 Å². The summed E-state index contributed by atoms with van der Waals surface area (Å²) in [6, 6.07) is 7.83. The van der Waals surface area contributed by atoms with Crippen molar-refractivity contribution < 1.29 is 14.3 Å². The third kappa shape index (κ3) is 3.75. The van der Waals surface area contributed by atoms with Crippen LogP contribution in [0, 0.1) is 20.8 Å². The summed E-state index contributed by atoms with van der Waals surface area (Å²) < 4.78 is 7.32. The number of aromatic nitrogens is 1. The number of hydrogen-bond acceptors (Lipinski definition) is 5. The molecule has 0 saturated carbocycles. The first-order valence-electron chi connectivity index (χ1n) is 7.91. The van der Waals surface area contributed by atoms with Crippen molar-refractivity contribution in [3.8, 4) is 0 Å². The third-order valence-corrected chi connectivity index (χ3v) is 6.01. The molecule has 4 nitrogen and oxygen atoms in total. The fourth-order valence-electron chi connectivity index (χ4n) is 2.74. The first-order valence-corrected chi connectivity index (χ1v) is 9.67. The summed E-state index contributed by atoms with van der Waals surface area (Å²) >= 11 is 3.02. The van der Waals surface area contributed by atoms with E-state index in [4.69, 9.17) is 4.74 Å². The van der Waals surface area contributed by atoms with Gasteiger partial charge in [-0.05, 0) is 55.3 Å². The summed E-state index contributed by atoms with van der Waals surface area (Å²) in [6.45, 7) is 6.28. The zero-order chi connectivity index (χ0) is 18.0. The van der Waals surface area contributed by atoms with Crippen LogP contribution in [-0.4, -0.2) is 22.9 Å². The minimum atomic E-state index is -0.437. The summed E-state index contributed by atoms with van der Waals surface area (Å²) in [5.74, 6) is -0.610. The van der Waals surface area contributed by atoms with E-state index in [0.29, 0.717) is 10.4 Å². The summed E-state index contributed by atoms with van der Waals surface area (Å²) in [5.41, 5.74) is 3.41. The Labute approximate surface area is 154 Å². The molecule has 3 aromatic rings. The van der Waals surface area contributed by atoms with Crippen LogP contribution in [-0.2, 0) is 11.3 Å². The summed E-state index contributed by atoms with van der Waals surface area (Å²) in [6.07, 6.45) is 0. The number of esters is 1. The molecule has 0 aromatic carbocycles. The smallest absolute Gasteiger partial charge is 0.349 e. The molecule has 0 saturated heterocycles. The normalized spacial score (nSPS) is 10.8. The molecule has 0 radical (unpaired) electrons. The fourth-order valence-corrected chi connectivity index (χ4v) is 4.25. The van der Waals surface area contributed by atoms with Crippen molar-refractivity contribution in [1.29, 1.82) is 0 Å². The van der Waals surface area contributed by atoms with Crippen molar-refractivity contribution >= 4 is 34.4 Å². The largest absolute Gasteiger partial charge is 0.453 e. The van der Waals surface area contributed by atoms with Gasteiger partial charge >= 0.3 is 5.97 Å². The van der Waals surface area contributed by atoms with Gasteiger partial charge in [0.15, 0.2) is 6.61 Å². The summed E-state index contributed by atoms with van der Waals surface area (Å²) in [4.78, 5) is 26.4. The van der Waals surface area contributed by atoms with Gasteiger partial charge in [-0.3, -0.25) is 4.79 Å². The average Bonchev–Trinajstić information content (AvgIpc) is 3.30. The van der Waals surface area contributed by atoms with Crippen molar-refractivity contribution in [2.24, 2.45) is 0 Å². The fraction of sp³-hybridized carbons (Fsp3) is 0.263. The zero-order valence-electron chi connectivity index (χ0n) is 14.4. The molecule has 3 aromatic heterocycles. The van der Waals surface area contributed by atoms with Crippen LogP contribution < -0.4 is 0 Å². The number of rotatable bonds is 6. The lowest BCUT2D eigenvalue weighted by atomic mass is 10.1. The Kier molecular flexibility index (Phi) is 5.20. The molecule has 0 spiro atoms. The van der Waals surface area contributed by atoms with E-state index in [1.54, 1.807) is 11.3 Å². The van der Waals surface area contributed by atoms with Crippen LogP contribution in [0.2, 0.25) is 0 Å². The van der Waals surface area contributed by atoms with E-state index in [1.807, 2.05) is 49.7 Å². The SMILES string of the molecule is Cc1ccsc1C(=O)OCC(=O)c1cc(C)n(Cc2cccs2)c1C. The first-order chi connectivity index (χ1) is 12.0. The van der Waals surface area contributed by atoms with Gasteiger partial charge in [0.25, 0.3) is 0 Å². The molecule has 0 aliphatic carbocycles. The molecule has 0 amide bonds. The molecular formula is C19H19NO3S2. The molecule has 0 N–H and O–H groups in total. The number of hydrogen-bond donors (Lipinski definition) is 0. The summed E-state index contributed by atoms with van der Waals surface area (Å²) in [5, 5.41) is 3.88. The van der Waals surface area contributed by atoms with E-state index in [9.17, 15) is 9.59 Å². The van der Waals surface area contributed by atoms with Crippen molar-refractivity contribution in [3.05, 3.63) is 67.3 Å². The number of ketones is 1. The van der Waals surface area contributed by atoms with Gasteiger partial charge < -0.3 is 9.30 Å². The molecular weight excluding hydrogens is 354 g/mol. The molecule has 130 valence electrons. The highest BCUT2D eigenvalue weighted by Gasteiger charge is 2.19. The Morgan fingerprint density at radius 2 is 1.92 bits per heavy atom. The highest BCUT2D eigenvalue weighted by atomic mass is 32.1. The first kappa shape index (κ1) is 17.6. The van der Waals surface area contributed by atoms with E-state index in [1.165, 1.54) is 16.2 Å². The third-order valence-electron chi connectivity index (χ3n) is 4.15. The highest BCUT2D eigenvalue weighted by molar-refractivity contribution is 7.12. The Morgan fingerprint density at radius 1 is 1.12 bits per heavy atom. The lowest BCUT2D eigenvalue weighted by molar-refractivity contribution is 0.0478. The molecule has 0 atom stereocenters. The van der Waals surface area contributed by atoms with E-state index >= 15 is 0 Å². The maximum atomic E-state index is 12.5. The quantitative estimate of drug-likeness (QED) is 0.468. The van der Waals surface area contributed by atoms with E-state index in [2.05, 4.69) is 10.6 Å². The van der Waals surface area contributed by atoms with Crippen molar-refractivity contribution in [3.63, 3.8) is 0 Å². The lowest BCUT2D eigenvalue weighted by Gasteiger charge is -2.08. The number of nitrogens with zero attached hydrogens (tertiary/aromatic N) is 1. The monoisotopic (exact) mass is 373 g/mol. The lowest BCUT2D eigenvalue weighted by Crippen LogP contribution is -2.15. The molecule has 3 heterocycles. The van der Waals surface area contributed by atoms with Crippen LogP contribution in [0.25, 0.3) is 0 Å². The van der Waals surface area contributed by atoms with Gasteiger partial charge in [-0.15, -0.1) is 22.7 Å². The van der Waals surface area contributed by atoms with Crippen LogP contribution in [0.4, 0.5) is 0 Å². The van der Waals surface area contributed by atoms with Gasteiger partial charge in [0, 0.05) is 21.8 Å². The molecule has 3 rings (SSSR count). The summed E-state index contributed by atoms with van der Waals surface area (Å²) in [7, 11) is 0. The minimum absolute atomic E-state index is 0.173. The molecule has 0 aliphatic heterocycles. The second-order valence-corrected chi connectivity index (χ2v) is 7.83. The van der Waals surface area contributed by atoms with Crippen LogP contribution in [0.15, 0.2) is 35.0 Å². The topological polar surface area (TPSA) is 48.3 Å². The second kappa shape index (κ2) is 7.37. The van der Waals surface area contributed by atoms with Gasteiger partial charge in [0.1, 0.15) is 4.88 Å². The van der Waals surface area contributed by atoms with Crippen LogP contribution in [0.1, 0.15) is 41.9 Å². The molecule has 25 heavy (non-hydrogen) atoms.